The zero-order valence-electron chi connectivity index (χ0n) is 16.8. The summed E-state index contributed by atoms with van der Waals surface area (Å²) in [7, 11) is 1.54. The maximum atomic E-state index is 12.0. The van der Waals surface area contributed by atoms with Crippen LogP contribution in [0.15, 0.2) is 30.3 Å². The number of benzene rings is 2. The Kier molecular flexibility index (Phi) is 6.59. The summed E-state index contributed by atoms with van der Waals surface area (Å²) in [6.07, 6.45) is 0.732. The first-order chi connectivity index (χ1) is 14.1. The number of hydrogen-bond donors (Lipinski definition) is 0. The van der Waals surface area contributed by atoms with E-state index < -0.39 is 5.97 Å². The van der Waals surface area contributed by atoms with Gasteiger partial charge in [-0.25, -0.2) is 9.59 Å². The van der Waals surface area contributed by atoms with Crippen molar-refractivity contribution in [1.82, 2.24) is 0 Å². The maximum absolute atomic E-state index is 12.0. The summed E-state index contributed by atoms with van der Waals surface area (Å²) in [6.45, 7) is 4.48. The zero-order valence-corrected chi connectivity index (χ0v) is 16.8. The predicted octanol–water partition coefficient (Wildman–Crippen LogP) is 3.76. The quantitative estimate of drug-likeness (QED) is 0.593. The highest BCUT2D eigenvalue weighted by atomic mass is 16.6. The van der Waals surface area contributed by atoms with Gasteiger partial charge in [-0.05, 0) is 43.2 Å². The molecule has 0 aromatic heterocycles. The lowest BCUT2D eigenvalue weighted by molar-refractivity contribution is -0.146. The summed E-state index contributed by atoms with van der Waals surface area (Å²) in [5, 5.41) is 0. The molecule has 1 aliphatic heterocycles. The number of hydrogen-bond acceptors (Lipinski definition) is 7. The topological polar surface area (TPSA) is 80.3 Å². The Morgan fingerprint density at radius 3 is 2.59 bits per heavy atom. The monoisotopic (exact) mass is 400 g/mol. The second kappa shape index (κ2) is 9.32. The molecular formula is C22H24O7. The van der Waals surface area contributed by atoms with Crippen LogP contribution in [-0.2, 0) is 20.9 Å². The molecule has 7 heteroatoms. The molecule has 0 fully saturated rings. The standard InChI is InChI=1S/C22H24O7/c1-4-10-27-19(23)13-28-20-16(8-9-18(25-3)21(20)26-5-2)14-6-7-17-15(11-14)12-29-22(17)24/h6-9,11H,4-5,10,12-13H2,1-3H3. The molecule has 0 atom stereocenters. The van der Waals surface area contributed by atoms with Crippen LogP contribution in [0.3, 0.4) is 0 Å². The lowest BCUT2D eigenvalue weighted by Gasteiger charge is -2.18. The fourth-order valence-corrected chi connectivity index (χ4v) is 3.05. The Morgan fingerprint density at radius 2 is 1.86 bits per heavy atom. The van der Waals surface area contributed by atoms with Crippen molar-refractivity contribution < 1.29 is 33.3 Å². The molecule has 154 valence electrons. The molecular weight excluding hydrogens is 376 g/mol. The third kappa shape index (κ3) is 4.45. The van der Waals surface area contributed by atoms with Crippen molar-refractivity contribution in [1.29, 1.82) is 0 Å². The van der Waals surface area contributed by atoms with E-state index in [1.54, 1.807) is 12.1 Å². The summed E-state index contributed by atoms with van der Waals surface area (Å²) in [5.74, 6) is 0.489. The molecule has 0 radical (unpaired) electrons. The summed E-state index contributed by atoms with van der Waals surface area (Å²) in [5.41, 5.74) is 2.87. The van der Waals surface area contributed by atoms with E-state index in [2.05, 4.69) is 0 Å². The molecule has 0 aliphatic carbocycles. The van der Waals surface area contributed by atoms with Crippen molar-refractivity contribution in [2.24, 2.45) is 0 Å². The molecule has 29 heavy (non-hydrogen) atoms. The molecule has 0 unspecified atom stereocenters. The number of carbonyl (C=O) groups is 2. The van der Waals surface area contributed by atoms with Gasteiger partial charge >= 0.3 is 11.9 Å². The second-order valence-corrected chi connectivity index (χ2v) is 6.36. The molecule has 0 saturated carbocycles. The molecule has 7 nitrogen and oxygen atoms in total. The lowest BCUT2D eigenvalue weighted by atomic mass is 9.99. The van der Waals surface area contributed by atoms with Gasteiger partial charge in [0.05, 0.1) is 25.9 Å². The number of rotatable bonds is 9. The first-order valence-corrected chi connectivity index (χ1v) is 9.51. The van der Waals surface area contributed by atoms with Crippen molar-refractivity contribution in [2.45, 2.75) is 26.9 Å². The van der Waals surface area contributed by atoms with Crippen molar-refractivity contribution >= 4 is 11.9 Å². The van der Waals surface area contributed by atoms with Crippen LogP contribution in [0.4, 0.5) is 0 Å². The molecule has 3 rings (SSSR count). The molecule has 1 aliphatic rings. The first-order valence-electron chi connectivity index (χ1n) is 9.51. The highest BCUT2D eigenvalue weighted by Crippen LogP contribution is 2.45. The third-order valence-corrected chi connectivity index (χ3v) is 4.38. The van der Waals surface area contributed by atoms with Gasteiger partial charge in [0, 0.05) is 11.1 Å². The fourth-order valence-electron chi connectivity index (χ4n) is 3.05. The van der Waals surface area contributed by atoms with Gasteiger partial charge in [-0.15, -0.1) is 0 Å². The summed E-state index contributed by atoms with van der Waals surface area (Å²) in [6, 6.07) is 9.01. The number of methoxy groups -OCH3 is 1. The Bertz CT molecular complexity index is 904. The van der Waals surface area contributed by atoms with Gasteiger partial charge in [-0.2, -0.15) is 0 Å². The highest BCUT2D eigenvalue weighted by molar-refractivity contribution is 5.94. The van der Waals surface area contributed by atoms with Gasteiger partial charge < -0.3 is 23.7 Å². The van der Waals surface area contributed by atoms with Gasteiger partial charge in [0.15, 0.2) is 18.1 Å². The average Bonchev–Trinajstić information content (AvgIpc) is 3.11. The number of cyclic esters (lactones) is 1. The fraction of sp³-hybridized carbons (Fsp3) is 0.364. The minimum atomic E-state index is -0.462. The minimum absolute atomic E-state index is 0.232. The summed E-state index contributed by atoms with van der Waals surface area (Å²) in [4.78, 5) is 23.7. The third-order valence-electron chi connectivity index (χ3n) is 4.38. The number of ether oxygens (including phenoxy) is 5. The van der Waals surface area contributed by atoms with Gasteiger partial charge in [-0.3, -0.25) is 0 Å². The molecule has 0 saturated heterocycles. The lowest BCUT2D eigenvalue weighted by Crippen LogP contribution is -2.16. The smallest absolute Gasteiger partial charge is 0.344 e. The van der Waals surface area contributed by atoms with E-state index >= 15 is 0 Å². The van der Waals surface area contributed by atoms with E-state index in [4.69, 9.17) is 23.7 Å². The van der Waals surface area contributed by atoms with E-state index in [0.717, 1.165) is 17.5 Å². The second-order valence-electron chi connectivity index (χ2n) is 6.36. The van der Waals surface area contributed by atoms with Crippen LogP contribution in [0.5, 0.6) is 17.2 Å². The molecule has 0 N–H and O–H groups in total. The van der Waals surface area contributed by atoms with Crippen LogP contribution in [0, 0.1) is 0 Å². The highest BCUT2D eigenvalue weighted by Gasteiger charge is 2.24. The van der Waals surface area contributed by atoms with Crippen molar-refractivity contribution in [2.75, 3.05) is 26.9 Å². The molecule has 2 aromatic carbocycles. The predicted molar refractivity (Wildman–Crippen MR) is 105 cm³/mol. The Hall–Kier alpha value is -3.22. The van der Waals surface area contributed by atoms with Crippen LogP contribution >= 0.6 is 0 Å². The van der Waals surface area contributed by atoms with Crippen LogP contribution in [0.2, 0.25) is 0 Å². The zero-order chi connectivity index (χ0) is 20.8. The number of esters is 2. The number of carbonyl (C=O) groups excluding carboxylic acids is 2. The van der Waals surface area contributed by atoms with E-state index in [1.807, 2.05) is 32.0 Å². The Balaban J connectivity index is 2.00. The van der Waals surface area contributed by atoms with Gasteiger partial charge in [0.25, 0.3) is 0 Å². The number of fused-ring (bicyclic) bond motifs is 1. The molecule has 0 amide bonds. The van der Waals surface area contributed by atoms with E-state index in [1.165, 1.54) is 7.11 Å². The molecule has 2 aromatic rings. The molecule has 0 bridgehead atoms. The minimum Gasteiger partial charge on any atom is -0.493 e. The van der Waals surface area contributed by atoms with E-state index in [9.17, 15) is 9.59 Å². The normalized spacial score (nSPS) is 12.2. The van der Waals surface area contributed by atoms with Crippen molar-refractivity contribution in [3.05, 3.63) is 41.5 Å². The van der Waals surface area contributed by atoms with Crippen LogP contribution < -0.4 is 14.2 Å². The van der Waals surface area contributed by atoms with E-state index in [0.29, 0.717) is 41.6 Å². The SMILES string of the molecule is CCCOC(=O)COc1c(-c2ccc3c(c2)COC3=O)ccc(OC)c1OCC. The van der Waals surface area contributed by atoms with Crippen LogP contribution in [-0.4, -0.2) is 38.9 Å². The van der Waals surface area contributed by atoms with E-state index in [-0.39, 0.29) is 19.2 Å². The van der Waals surface area contributed by atoms with Gasteiger partial charge in [-0.1, -0.05) is 13.0 Å². The first kappa shape index (κ1) is 20.5. The molecule has 1 heterocycles. The van der Waals surface area contributed by atoms with Gasteiger partial charge in [0.2, 0.25) is 5.75 Å². The Labute approximate surface area is 169 Å². The average molecular weight is 400 g/mol. The van der Waals surface area contributed by atoms with Gasteiger partial charge in [0.1, 0.15) is 6.61 Å². The summed E-state index contributed by atoms with van der Waals surface area (Å²) < 4.78 is 27.2. The van der Waals surface area contributed by atoms with Crippen LogP contribution in [0.1, 0.15) is 36.2 Å². The maximum Gasteiger partial charge on any atom is 0.344 e. The van der Waals surface area contributed by atoms with Crippen molar-refractivity contribution in [3.63, 3.8) is 0 Å². The van der Waals surface area contributed by atoms with Crippen LogP contribution in [0.25, 0.3) is 11.1 Å². The summed E-state index contributed by atoms with van der Waals surface area (Å²) >= 11 is 0. The largest absolute Gasteiger partial charge is 0.493 e. The molecule has 0 spiro atoms. The Morgan fingerprint density at radius 1 is 1.07 bits per heavy atom. The van der Waals surface area contributed by atoms with Crippen molar-refractivity contribution in [3.8, 4) is 28.4 Å².